The molecule has 0 aliphatic rings. The number of hydrogen-bond donors (Lipinski definition) is 0. The molecule has 1 aromatic carbocycles. The molecule has 1 aromatic heterocycles. The minimum atomic E-state index is -0.518. The van der Waals surface area contributed by atoms with Gasteiger partial charge in [-0.2, -0.15) is 4.37 Å². The van der Waals surface area contributed by atoms with Crippen molar-refractivity contribution < 1.29 is 9.63 Å². The molecule has 0 amide bonds. The number of benzene rings is 1. The van der Waals surface area contributed by atoms with E-state index in [1.54, 1.807) is 24.3 Å². The van der Waals surface area contributed by atoms with Crippen LogP contribution in [0.1, 0.15) is 10.4 Å². The molecule has 0 saturated carbocycles. The molecule has 0 unspecified atom stereocenters. The van der Waals surface area contributed by atoms with Gasteiger partial charge in [0.05, 0.1) is 5.56 Å². The molecule has 0 atom stereocenters. The van der Waals surface area contributed by atoms with Crippen LogP contribution in [0.15, 0.2) is 35.5 Å². The summed E-state index contributed by atoms with van der Waals surface area (Å²) in [5.41, 5.74) is 0.440. The number of hydrogen-bond acceptors (Lipinski definition) is 6. The van der Waals surface area contributed by atoms with Gasteiger partial charge in [0.25, 0.3) is 0 Å². The highest BCUT2D eigenvalue weighted by Gasteiger charge is 2.06. The summed E-state index contributed by atoms with van der Waals surface area (Å²) >= 11 is 5.69. The fourth-order valence-electron chi connectivity index (χ4n) is 0.923. The molecule has 0 spiro atoms. The molecule has 4 nitrogen and oxygen atoms in total. The van der Waals surface area contributed by atoms with Crippen LogP contribution in [0.2, 0.25) is 5.15 Å². The van der Waals surface area contributed by atoms with Gasteiger partial charge in [-0.25, -0.2) is 4.79 Å². The third kappa shape index (κ3) is 2.66. The monoisotopic (exact) mass is 272 g/mol. The van der Waals surface area contributed by atoms with Gasteiger partial charge < -0.3 is 4.84 Å². The zero-order chi connectivity index (χ0) is 11.4. The highest BCUT2D eigenvalue weighted by Crippen LogP contribution is 2.06. The Kier molecular flexibility index (Phi) is 3.66. The minimum absolute atomic E-state index is 0.246. The van der Waals surface area contributed by atoms with Crippen LogP contribution >= 0.6 is 32.5 Å². The summed E-state index contributed by atoms with van der Waals surface area (Å²) < 4.78 is 4.21. The van der Waals surface area contributed by atoms with E-state index in [1.165, 1.54) is 20.9 Å². The SMILES string of the molecule is O=C(ON=c1ssnc1Cl)c1ccccc1. The van der Waals surface area contributed by atoms with Crippen LogP contribution in [0.25, 0.3) is 0 Å². The minimum Gasteiger partial charge on any atom is -0.311 e. The van der Waals surface area contributed by atoms with Crippen LogP contribution in [0, 0.1) is 0 Å². The first-order chi connectivity index (χ1) is 7.77. The van der Waals surface area contributed by atoms with Gasteiger partial charge in [0, 0.05) is 10.5 Å². The zero-order valence-corrected chi connectivity index (χ0v) is 10.2. The Morgan fingerprint density at radius 2 is 2.12 bits per heavy atom. The lowest BCUT2D eigenvalue weighted by molar-refractivity contribution is 0.0500. The normalized spacial score (nSPS) is 11.4. The summed E-state index contributed by atoms with van der Waals surface area (Å²) in [6.07, 6.45) is 0. The van der Waals surface area contributed by atoms with E-state index in [2.05, 4.69) is 9.53 Å². The molecule has 7 heteroatoms. The molecule has 16 heavy (non-hydrogen) atoms. The van der Waals surface area contributed by atoms with Gasteiger partial charge in [-0.3, -0.25) is 0 Å². The highest BCUT2D eigenvalue weighted by molar-refractivity contribution is 7.66. The Hall–Kier alpha value is -1.24. The average molecular weight is 273 g/mol. The largest absolute Gasteiger partial charge is 0.365 e. The van der Waals surface area contributed by atoms with E-state index < -0.39 is 5.97 Å². The van der Waals surface area contributed by atoms with Crippen LogP contribution in [0.5, 0.6) is 0 Å². The molecule has 0 fully saturated rings. The van der Waals surface area contributed by atoms with E-state index >= 15 is 0 Å². The molecule has 0 radical (unpaired) electrons. The maximum absolute atomic E-state index is 11.5. The zero-order valence-electron chi connectivity index (χ0n) is 7.79. The van der Waals surface area contributed by atoms with Gasteiger partial charge in [0.1, 0.15) is 0 Å². The molecule has 2 aromatic rings. The molecule has 0 bridgehead atoms. The Morgan fingerprint density at radius 1 is 1.38 bits per heavy atom. The van der Waals surface area contributed by atoms with E-state index in [0.717, 1.165) is 0 Å². The number of carbonyl (C=O) groups is 1. The van der Waals surface area contributed by atoms with Crippen molar-refractivity contribution in [3.8, 4) is 0 Å². The van der Waals surface area contributed by atoms with E-state index in [4.69, 9.17) is 16.4 Å². The smallest absolute Gasteiger partial charge is 0.311 e. The van der Waals surface area contributed by atoms with Gasteiger partial charge in [0.15, 0.2) is 5.15 Å². The molecule has 82 valence electrons. The summed E-state index contributed by atoms with van der Waals surface area (Å²) in [5.74, 6) is -0.518. The van der Waals surface area contributed by atoms with Crippen molar-refractivity contribution in [3.05, 3.63) is 45.7 Å². The molecule has 0 saturated heterocycles. The number of nitrogens with zero attached hydrogens (tertiary/aromatic N) is 2. The van der Waals surface area contributed by atoms with Crippen molar-refractivity contribution in [2.24, 2.45) is 5.16 Å². The van der Waals surface area contributed by atoms with E-state index in [9.17, 15) is 4.79 Å². The molecular formula is C9H5ClN2O2S2. The summed E-state index contributed by atoms with van der Waals surface area (Å²) in [6.45, 7) is 0. The Labute approximate surface area is 103 Å². The topological polar surface area (TPSA) is 51.5 Å². The first kappa shape index (κ1) is 11.3. The lowest BCUT2D eigenvalue weighted by Crippen LogP contribution is -2.04. The predicted octanol–water partition coefficient (Wildman–Crippen LogP) is 2.53. The Balaban J connectivity index is 2.13. The highest BCUT2D eigenvalue weighted by atomic mass is 35.5. The first-order valence-electron chi connectivity index (χ1n) is 4.19. The number of carbonyl (C=O) groups excluding carboxylic acids is 1. The fourth-order valence-corrected chi connectivity index (χ4v) is 2.81. The average Bonchev–Trinajstić information content (AvgIpc) is 2.73. The van der Waals surface area contributed by atoms with E-state index in [1.807, 2.05) is 6.07 Å². The van der Waals surface area contributed by atoms with Crippen molar-refractivity contribution in [2.75, 3.05) is 0 Å². The molecule has 0 aliphatic carbocycles. The van der Waals surface area contributed by atoms with E-state index in [-0.39, 0.29) is 5.15 Å². The predicted molar refractivity (Wildman–Crippen MR) is 62.4 cm³/mol. The summed E-state index contributed by atoms with van der Waals surface area (Å²) in [4.78, 5) is 16.2. The molecular weight excluding hydrogens is 268 g/mol. The van der Waals surface area contributed by atoms with Gasteiger partial charge in [-0.15, -0.1) is 0 Å². The second-order valence-electron chi connectivity index (χ2n) is 2.68. The van der Waals surface area contributed by atoms with Crippen molar-refractivity contribution in [3.63, 3.8) is 0 Å². The molecule has 1 heterocycles. The molecule has 0 aliphatic heterocycles. The quantitative estimate of drug-likeness (QED) is 0.480. The van der Waals surface area contributed by atoms with E-state index in [0.29, 0.717) is 10.2 Å². The van der Waals surface area contributed by atoms with Crippen LogP contribution < -0.4 is 4.67 Å². The molecule has 0 N–H and O–H groups in total. The van der Waals surface area contributed by atoms with Crippen LogP contribution in [-0.4, -0.2) is 10.3 Å². The van der Waals surface area contributed by atoms with Gasteiger partial charge in [0.2, 0.25) is 4.67 Å². The van der Waals surface area contributed by atoms with Gasteiger partial charge in [-0.05, 0) is 22.5 Å². The maximum Gasteiger partial charge on any atom is 0.365 e. The van der Waals surface area contributed by atoms with Crippen LogP contribution in [0.3, 0.4) is 0 Å². The third-order valence-electron chi connectivity index (χ3n) is 1.63. The summed E-state index contributed by atoms with van der Waals surface area (Å²) in [7, 11) is 2.43. The first-order valence-corrected chi connectivity index (χ1v) is 6.68. The summed E-state index contributed by atoms with van der Waals surface area (Å²) in [6, 6.07) is 8.61. The Morgan fingerprint density at radius 3 is 2.75 bits per heavy atom. The number of rotatable bonds is 2. The van der Waals surface area contributed by atoms with Crippen LogP contribution in [0.4, 0.5) is 0 Å². The molecule has 2 rings (SSSR count). The van der Waals surface area contributed by atoms with Gasteiger partial charge >= 0.3 is 5.97 Å². The fraction of sp³-hybridized carbons (Fsp3) is 0. The maximum atomic E-state index is 11.5. The lowest BCUT2D eigenvalue weighted by Gasteiger charge is -1.95. The van der Waals surface area contributed by atoms with Crippen molar-refractivity contribution in [1.82, 2.24) is 4.37 Å². The lowest BCUT2D eigenvalue weighted by atomic mass is 10.2. The van der Waals surface area contributed by atoms with Gasteiger partial charge in [-0.1, -0.05) is 35.0 Å². The van der Waals surface area contributed by atoms with Crippen molar-refractivity contribution in [1.29, 1.82) is 0 Å². The third-order valence-corrected chi connectivity index (χ3v) is 3.79. The van der Waals surface area contributed by atoms with Crippen molar-refractivity contribution >= 4 is 38.4 Å². The van der Waals surface area contributed by atoms with Crippen molar-refractivity contribution in [2.45, 2.75) is 0 Å². The standard InChI is InChI=1S/C9H5ClN2O2S2/c10-7-8(15-16-12-7)11-14-9(13)6-4-2-1-3-5-6/h1-5H. The number of halogens is 1. The van der Waals surface area contributed by atoms with Crippen LogP contribution in [-0.2, 0) is 4.84 Å². The number of aromatic nitrogens is 1. The second-order valence-corrected chi connectivity index (χ2v) is 4.87. The second kappa shape index (κ2) is 5.20. The Bertz CT molecular complexity index is 550. The summed E-state index contributed by atoms with van der Waals surface area (Å²) in [5, 5.41) is 3.87.